The van der Waals surface area contributed by atoms with Crippen LogP contribution in [0.25, 0.3) is 0 Å². The van der Waals surface area contributed by atoms with Crippen LogP contribution in [0.3, 0.4) is 0 Å². The number of amides is 1. The van der Waals surface area contributed by atoms with E-state index >= 15 is 0 Å². The van der Waals surface area contributed by atoms with Gasteiger partial charge >= 0.3 is 6.01 Å². The molecule has 1 aliphatic carbocycles. The molecule has 9 heteroatoms. The topological polar surface area (TPSA) is 71.7 Å². The zero-order chi connectivity index (χ0) is 24.4. The minimum absolute atomic E-state index is 0.112. The lowest BCUT2D eigenvalue weighted by molar-refractivity contribution is -0.128. The number of anilines is 1. The summed E-state index contributed by atoms with van der Waals surface area (Å²) in [6.07, 6.45) is 4.03. The molecule has 0 spiro atoms. The van der Waals surface area contributed by atoms with E-state index < -0.39 is 11.6 Å². The zero-order valence-corrected chi connectivity index (χ0v) is 20.4. The number of carbonyl (C=O) groups excluding carboxylic acids is 1. The van der Waals surface area contributed by atoms with Crippen LogP contribution in [0.4, 0.5) is 14.8 Å². The van der Waals surface area contributed by atoms with E-state index in [4.69, 9.17) is 9.26 Å². The Morgan fingerprint density at radius 1 is 1.26 bits per heavy atom. The van der Waals surface area contributed by atoms with Crippen LogP contribution in [0.2, 0.25) is 0 Å². The van der Waals surface area contributed by atoms with Gasteiger partial charge in [0.05, 0.1) is 13.0 Å². The fourth-order valence-electron chi connectivity index (χ4n) is 4.80. The second-order valence-corrected chi connectivity index (χ2v) is 10.0. The van der Waals surface area contributed by atoms with Crippen molar-refractivity contribution < 1.29 is 22.8 Å². The molecule has 7 nitrogen and oxygen atoms in total. The Kier molecular flexibility index (Phi) is 7.38. The summed E-state index contributed by atoms with van der Waals surface area (Å²) in [4.78, 5) is 20.1. The maximum Gasteiger partial charge on any atom is 0.324 e. The summed E-state index contributed by atoms with van der Waals surface area (Å²) in [5, 5.41) is 4.06. The van der Waals surface area contributed by atoms with Crippen molar-refractivity contribution in [2.75, 3.05) is 38.7 Å². The molecule has 2 aliphatic rings. The normalized spacial score (nSPS) is 20.6. The minimum atomic E-state index is -0.747. The van der Waals surface area contributed by atoms with E-state index in [2.05, 4.69) is 15.0 Å². The number of benzene rings is 1. The lowest BCUT2D eigenvalue weighted by atomic mass is 9.90. The maximum atomic E-state index is 14.3. The molecule has 2 aromatic rings. The third kappa shape index (κ3) is 5.67. The van der Waals surface area contributed by atoms with Crippen LogP contribution in [0, 0.1) is 29.4 Å². The van der Waals surface area contributed by atoms with E-state index in [1.807, 2.05) is 13.8 Å². The smallest absolute Gasteiger partial charge is 0.324 e. The van der Waals surface area contributed by atoms with Gasteiger partial charge in [0.2, 0.25) is 5.91 Å². The highest BCUT2D eigenvalue weighted by molar-refractivity contribution is 5.79. The van der Waals surface area contributed by atoms with Crippen LogP contribution in [0.15, 0.2) is 16.7 Å². The Hall–Kier alpha value is -2.71. The third-order valence-electron chi connectivity index (χ3n) is 7.03. The fraction of sp³-hybridized carbons (Fsp3) is 0.640. The number of carbonyl (C=O) groups is 1. The highest BCUT2D eigenvalue weighted by Gasteiger charge is 2.43. The van der Waals surface area contributed by atoms with Crippen LogP contribution in [-0.2, 0) is 11.2 Å². The highest BCUT2D eigenvalue weighted by Crippen LogP contribution is 2.50. The van der Waals surface area contributed by atoms with Gasteiger partial charge in [0, 0.05) is 50.8 Å². The van der Waals surface area contributed by atoms with E-state index in [1.54, 1.807) is 14.1 Å². The predicted molar refractivity (Wildman–Crippen MR) is 124 cm³/mol. The van der Waals surface area contributed by atoms with Gasteiger partial charge in [-0.25, -0.2) is 8.78 Å². The van der Waals surface area contributed by atoms with Crippen molar-refractivity contribution in [1.82, 2.24) is 15.0 Å². The average Bonchev–Trinajstić information content (AvgIpc) is 3.38. The number of hydrogen-bond acceptors (Lipinski definition) is 6. The molecule has 186 valence electrons. The summed E-state index contributed by atoms with van der Waals surface area (Å²) in [6.45, 7) is 6.30. The van der Waals surface area contributed by atoms with Gasteiger partial charge in [0.15, 0.2) is 5.82 Å². The molecule has 1 saturated heterocycles. The molecule has 0 radical (unpaired) electrons. The minimum Gasteiger partial charge on any atom is -0.493 e. The van der Waals surface area contributed by atoms with Crippen LogP contribution in [0.5, 0.6) is 5.75 Å². The van der Waals surface area contributed by atoms with Gasteiger partial charge in [-0.15, -0.1) is 0 Å². The van der Waals surface area contributed by atoms with Gasteiger partial charge in [-0.3, -0.25) is 4.79 Å². The molecule has 1 aromatic carbocycles. The van der Waals surface area contributed by atoms with Gasteiger partial charge in [-0.1, -0.05) is 19.0 Å². The molecule has 1 saturated carbocycles. The second-order valence-electron chi connectivity index (χ2n) is 10.0. The first-order chi connectivity index (χ1) is 16.2. The lowest BCUT2D eigenvalue weighted by Gasteiger charge is -2.30. The molecule has 2 heterocycles. The number of nitrogens with zero attached hydrogens (tertiary/aromatic N) is 4. The molecule has 34 heavy (non-hydrogen) atoms. The van der Waals surface area contributed by atoms with Crippen molar-refractivity contribution in [2.45, 2.75) is 51.9 Å². The quantitative estimate of drug-likeness (QED) is 0.534. The Bertz CT molecular complexity index is 1000. The summed E-state index contributed by atoms with van der Waals surface area (Å²) >= 11 is 0. The van der Waals surface area contributed by atoms with Crippen LogP contribution in [0.1, 0.15) is 56.8 Å². The van der Waals surface area contributed by atoms with E-state index in [1.165, 1.54) is 11.0 Å². The van der Waals surface area contributed by atoms with Gasteiger partial charge in [0.25, 0.3) is 0 Å². The highest BCUT2D eigenvalue weighted by atomic mass is 19.1. The van der Waals surface area contributed by atoms with Gasteiger partial charge in [-0.2, -0.15) is 4.98 Å². The zero-order valence-electron chi connectivity index (χ0n) is 20.4. The molecular weight excluding hydrogens is 442 g/mol. The number of aromatic nitrogens is 2. The predicted octanol–water partition coefficient (Wildman–Crippen LogP) is 4.42. The Morgan fingerprint density at radius 2 is 2.00 bits per heavy atom. The lowest BCUT2D eigenvalue weighted by Crippen LogP contribution is -2.34. The van der Waals surface area contributed by atoms with E-state index in [-0.39, 0.29) is 29.6 Å². The Morgan fingerprint density at radius 3 is 2.65 bits per heavy atom. The largest absolute Gasteiger partial charge is 0.493 e. The van der Waals surface area contributed by atoms with Crippen molar-refractivity contribution in [1.29, 1.82) is 0 Å². The summed E-state index contributed by atoms with van der Waals surface area (Å²) in [5.41, 5.74) is 0.112. The standard InChI is InChI=1S/C25H34F2N4O3/c1-15(2)24-28-25(34-29-24)31-8-5-16(6-9-31)19-11-17(19)7-10-33-22-13-18(26)12-21(27)20(22)14-23(32)30(3)4/h12-13,15-17,19H,5-11,14H2,1-4H3/t17-,19+/m0/s1. The number of likely N-dealkylation sites (N-methyl/N-ethyl adjacent to an activating group) is 1. The monoisotopic (exact) mass is 476 g/mol. The molecule has 1 amide bonds. The second kappa shape index (κ2) is 10.3. The first-order valence-corrected chi connectivity index (χ1v) is 12.1. The number of halogens is 2. The third-order valence-corrected chi connectivity index (χ3v) is 7.03. The number of ether oxygens (including phenoxy) is 1. The molecule has 0 N–H and O–H groups in total. The molecule has 2 atom stereocenters. The summed E-state index contributed by atoms with van der Waals surface area (Å²) in [5.74, 6) is 1.30. The average molecular weight is 477 g/mol. The van der Waals surface area contributed by atoms with Crippen molar-refractivity contribution in [3.63, 3.8) is 0 Å². The van der Waals surface area contributed by atoms with Gasteiger partial charge in [-0.05, 0) is 43.4 Å². The van der Waals surface area contributed by atoms with Crippen molar-refractivity contribution in [3.8, 4) is 5.75 Å². The fourth-order valence-corrected chi connectivity index (χ4v) is 4.80. The molecular formula is C25H34F2N4O3. The SMILES string of the molecule is CC(C)c1noc(N2CCC([C@H]3C[C@@H]3CCOc3cc(F)cc(F)c3CC(=O)N(C)C)CC2)n1. The van der Waals surface area contributed by atoms with Crippen LogP contribution < -0.4 is 9.64 Å². The van der Waals surface area contributed by atoms with Crippen molar-refractivity contribution in [2.24, 2.45) is 17.8 Å². The number of piperidine rings is 1. The Balaban J connectivity index is 1.24. The molecule has 0 bridgehead atoms. The van der Waals surface area contributed by atoms with Gasteiger partial charge in [0.1, 0.15) is 17.4 Å². The molecule has 2 fully saturated rings. The van der Waals surface area contributed by atoms with Crippen LogP contribution >= 0.6 is 0 Å². The van der Waals surface area contributed by atoms with Crippen molar-refractivity contribution in [3.05, 3.63) is 35.2 Å². The molecule has 1 aromatic heterocycles. The molecule has 0 unspecified atom stereocenters. The summed E-state index contributed by atoms with van der Waals surface area (Å²) in [7, 11) is 3.21. The number of hydrogen-bond donors (Lipinski definition) is 0. The van der Waals surface area contributed by atoms with E-state index in [9.17, 15) is 13.6 Å². The van der Waals surface area contributed by atoms with Crippen LogP contribution in [-0.4, -0.2) is 54.7 Å². The molecule has 4 rings (SSSR count). The van der Waals surface area contributed by atoms with Crippen molar-refractivity contribution >= 4 is 11.9 Å². The first kappa shape index (κ1) is 24.4. The summed E-state index contributed by atoms with van der Waals surface area (Å²) < 4.78 is 39.3. The van der Waals surface area contributed by atoms with E-state index in [0.29, 0.717) is 30.4 Å². The van der Waals surface area contributed by atoms with Gasteiger partial charge < -0.3 is 19.1 Å². The maximum absolute atomic E-state index is 14.3. The first-order valence-electron chi connectivity index (χ1n) is 12.1. The van der Waals surface area contributed by atoms with E-state index in [0.717, 1.165) is 50.7 Å². The molecule has 1 aliphatic heterocycles. The summed E-state index contributed by atoms with van der Waals surface area (Å²) in [6, 6.07) is 2.59. The Labute approximate surface area is 199 Å². The number of rotatable bonds is 9.